The molecule has 0 bridgehead atoms. The number of nitrogens with zero attached hydrogens (tertiary/aromatic N) is 4. The van der Waals surface area contributed by atoms with Gasteiger partial charge in [0.2, 0.25) is 11.9 Å². The van der Waals surface area contributed by atoms with E-state index in [-0.39, 0.29) is 17.9 Å². The lowest BCUT2D eigenvalue weighted by Gasteiger charge is -2.31. The minimum Gasteiger partial charge on any atom is -0.391 e. The van der Waals surface area contributed by atoms with E-state index in [4.69, 9.17) is 5.73 Å². The molecule has 0 spiro atoms. The van der Waals surface area contributed by atoms with Crippen LogP contribution < -0.4 is 15.5 Å². The standard InChI is InChI=1S/C14H21N5O2/c15-13(21)10-2-6-18(7-3-10)14-16-5-1-12(17-14)19-8-4-11(20)9-19/h1,5,10-11,20H,2-4,6-9H2,(H2,15,21). The van der Waals surface area contributed by atoms with Crippen molar-refractivity contribution in [2.24, 2.45) is 11.7 Å². The number of rotatable bonds is 3. The Morgan fingerprint density at radius 2 is 1.95 bits per heavy atom. The molecular weight excluding hydrogens is 270 g/mol. The van der Waals surface area contributed by atoms with E-state index in [1.54, 1.807) is 6.20 Å². The molecule has 2 saturated heterocycles. The van der Waals surface area contributed by atoms with Crippen LogP contribution in [0, 0.1) is 5.92 Å². The summed E-state index contributed by atoms with van der Waals surface area (Å²) in [5, 5.41) is 9.62. The van der Waals surface area contributed by atoms with Crippen LogP contribution in [0.15, 0.2) is 12.3 Å². The van der Waals surface area contributed by atoms with E-state index in [0.717, 1.165) is 44.7 Å². The van der Waals surface area contributed by atoms with Crippen molar-refractivity contribution in [2.45, 2.75) is 25.4 Å². The Morgan fingerprint density at radius 1 is 1.24 bits per heavy atom. The molecule has 1 aromatic heterocycles. The second-order valence-corrected chi connectivity index (χ2v) is 5.77. The van der Waals surface area contributed by atoms with Gasteiger partial charge in [-0.15, -0.1) is 0 Å². The lowest BCUT2D eigenvalue weighted by molar-refractivity contribution is -0.122. The first kappa shape index (κ1) is 14.1. The molecule has 2 aliphatic heterocycles. The van der Waals surface area contributed by atoms with Gasteiger partial charge in [-0.05, 0) is 25.3 Å². The van der Waals surface area contributed by atoms with Crippen molar-refractivity contribution in [2.75, 3.05) is 36.0 Å². The predicted molar refractivity (Wildman–Crippen MR) is 79.0 cm³/mol. The highest BCUT2D eigenvalue weighted by Crippen LogP contribution is 2.23. The molecule has 0 aliphatic carbocycles. The fraction of sp³-hybridized carbons (Fsp3) is 0.643. The van der Waals surface area contributed by atoms with Gasteiger partial charge in [-0.2, -0.15) is 4.98 Å². The molecule has 7 nitrogen and oxygen atoms in total. The zero-order chi connectivity index (χ0) is 14.8. The number of carbonyl (C=O) groups is 1. The minimum absolute atomic E-state index is 0.0295. The second-order valence-electron chi connectivity index (χ2n) is 5.77. The van der Waals surface area contributed by atoms with E-state index >= 15 is 0 Å². The predicted octanol–water partition coefficient (Wildman–Crippen LogP) is -0.251. The van der Waals surface area contributed by atoms with Gasteiger partial charge in [0.15, 0.2) is 0 Å². The zero-order valence-corrected chi connectivity index (χ0v) is 12.0. The SMILES string of the molecule is NC(=O)C1CCN(c2nccc(N3CCC(O)C3)n2)CC1. The van der Waals surface area contributed by atoms with Crippen molar-refractivity contribution in [3.63, 3.8) is 0 Å². The lowest BCUT2D eigenvalue weighted by Crippen LogP contribution is -2.39. The summed E-state index contributed by atoms with van der Waals surface area (Å²) in [5.41, 5.74) is 5.35. The first-order chi connectivity index (χ1) is 10.1. The molecule has 0 saturated carbocycles. The molecule has 1 unspecified atom stereocenters. The number of aliphatic hydroxyl groups is 1. The monoisotopic (exact) mass is 291 g/mol. The molecule has 2 aliphatic rings. The molecule has 3 N–H and O–H groups in total. The third kappa shape index (κ3) is 3.07. The molecule has 3 rings (SSSR count). The maximum atomic E-state index is 11.2. The number of anilines is 2. The third-order valence-electron chi connectivity index (χ3n) is 4.30. The van der Waals surface area contributed by atoms with E-state index in [9.17, 15) is 9.90 Å². The molecule has 21 heavy (non-hydrogen) atoms. The highest BCUT2D eigenvalue weighted by molar-refractivity contribution is 5.76. The van der Waals surface area contributed by atoms with Crippen LogP contribution in [0.2, 0.25) is 0 Å². The van der Waals surface area contributed by atoms with E-state index < -0.39 is 0 Å². The van der Waals surface area contributed by atoms with Gasteiger partial charge in [-0.3, -0.25) is 4.79 Å². The van der Waals surface area contributed by atoms with Crippen molar-refractivity contribution in [3.8, 4) is 0 Å². The summed E-state index contributed by atoms with van der Waals surface area (Å²) < 4.78 is 0. The lowest BCUT2D eigenvalue weighted by atomic mass is 9.96. The zero-order valence-electron chi connectivity index (χ0n) is 12.0. The van der Waals surface area contributed by atoms with Gasteiger partial charge in [0.05, 0.1) is 6.10 Å². The number of β-amino-alcohol motifs (C(OH)–C–C–N with tert-alkyl or cyclic N) is 1. The Kier molecular flexibility index (Phi) is 3.92. The number of amides is 1. The van der Waals surface area contributed by atoms with Gasteiger partial charge >= 0.3 is 0 Å². The van der Waals surface area contributed by atoms with Gasteiger partial charge in [0.1, 0.15) is 5.82 Å². The molecule has 0 aromatic carbocycles. The van der Waals surface area contributed by atoms with E-state index in [1.807, 2.05) is 6.07 Å². The topological polar surface area (TPSA) is 95.6 Å². The molecule has 2 fully saturated rings. The van der Waals surface area contributed by atoms with Crippen LogP contribution in [0.25, 0.3) is 0 Å². The van der Waals surface area contributed by atoms with Crippen LogP contribution in [0.5, 0.6) is 0 Å². The van der Waals surface area contributed by atoms with Crippen LogP contribution in [0.1, 0.15) is 19.3 Å². The maximum absolute atomic E-state index is 11.2. The fourth-order valence-electron chi connectivity index (χ4n) is 2.98. The highest BCUT2D eigenvalue weighted by atomic mass is 16.3. The Labute approximate surface area is 123 Å². The van der Waals surface area contributed by atoms with Crippen molar-refractivity contribution < 1.29 is 9.90 Å². The van der Waals surface area contributed by atoms with Crippen LogP contribution in [-0.2, 0) is 4.79 Å². The van der Waals surface area contributed by atoms with Crippen molar-refractivity contribution >= 4 is 17.7 Å². The van der Waals surface area contributed by atoms with Crippen LogP contribution in [0.3, 0.4) is 0 Å². The molecule has 114 valence electrons. The van der Waals surface area contributed by atoms with Gasteiger partial charge in [0.25, 0.3) is 0 Å². The molecule has 1 amide bonds. The number of piperidine rings is 1. The average Bonchev–Trinajstić information content (AvgIpc) is 2.94. The number of hydrogen-bond acceptors (Lipinski definition) is 6. The Morgan fingerprint density at radius 3 is 2.57 bits per heavy atom. The van der Waals surface area contributed by atoms with Crippen molar-refractivity contribution in [3.05, 3.63) is 12.3 Å². The largest absolute Gasteiger partial charge is 0.391 e. The summed E-state index contributed by atoms with van der Waals surface area (Å²) in [4.78, 5) is 24.3. The van der Waals surface area contributed by atoms with E-state index in [1.165, 1.54) is 0 Å². The molecule has 1 atom stereocenters. The molecule has 7 heteroatoms. The second kappa shape index (κ2) is 5.85. The fourth-order valence-corrected chi connectivity index (χ4v) is 2.98. The summed E-state index contributed by atoms with van der Waals surface area (Å²) in [6.07, 6.45) is 3.78. The third-order valence-corrected chi connectivity index (χ3v) is 4.30. The molecule has 0 radical (unpaired) electrons. The van der Waals surface area contributed by atoms with Crippen LogP contribution >= 0.6 is 0 Å². The number of hydrogen-bond donors (Lipinski definition) is 2. The number of aromatic nitrogens is 2. The normalized spacial score (nSPS) is 23.6. The van der Waals surface area contributed by atoms with Crippen LogP contribution in [-0.4, -0.2) is 53.3 Å². The first-order valence-corrected chi connectivity index (χ1v) is 7.44. The van der Waals surface area contributed by atoms with Gasteiger partial charge < -0.3 is 20.6 Å². The smallest absolute Gasteiger partial charge is 0.227 e. The summed E-state index contributed by atoms with van der Waals surface area (Å²) in [5.74, 6) is 1.30. The van der Waals surface area contributed by atoms with Crippen molar-refractivity contribution in [1.82, 2.24) is 9.97 Å². The van der Waals surface area contributed by atoms with Gasteiger partial charge in [-0.1, -0.05) is 0 Å². The van der Waals surface area contributed by atoms with Crippen molar-refractivity contribution in [1.29, 1.82) is 0 Å². The Hall–Kier alpha value is -1.89. The summed E-state index contributed by atoms with van der Waals surface area (Å²) >= 11 is 0. The maximum Gasteiger partial charge on any atom is 0.227 e. The Bertz CT molecular complexity index is 516. The Balaban J connectivity index is 1.68. The van der Waals surface area contributed by atoms with E-state index in [0.29, 0.717) is 12.5 Å². The quantitative estimate of drug-likeness (QED) is 0.797. The molecular formula is C14H21N5O2. The van der Waals surface area contributed by atoms with E-state index in [2.05, 4.69) is 19.8 Å². The molecule has 1 aromatic rings. The number of carbonyl (C=O) groups excluding carboxylic acids is 1. The number of nitrogens with two attached hydrogens (primary N) is 1. The first-order valence-electron chi connectivity index (χ1n) is 7.44. The summed E-state index contributed by atoms with van der Waals surface area (Å²) in [6, 6.07) is 1.87. The van der Waals surface area contributed by atoms with Gasteiger partial charge in [0, 0.05) is 38.3 Å². The van der Waals surface area contributed by atoms with Gasteiger partial charge in [-0.25, -0.2) is 4.98 Å². The number of primary amides is 1. The summed E-state index contributed by atoms with van der Waals surface area (Å²) in [7, 11) is 0. The summed E-state index contributed by atoms with van der Waals surface area (Å²) in [6.45, 7) is 2.95. The average molecular weight is 291 g/mol. The highest BCUT2D eigenvalue weighted by Gasteiger charge is 2.26. The van der Waals surface area contributed by atoms with Crippen LogP contribution in [0.4, 0.5) is 11.8 Å². The minimum atomic E-state index is -0.269. The molecule has 3 heterocycles. The number of aliphatic hydroxyl groups excluding tert-OH is 1.